The molecule has 0 saturated heterocycles. The third-order valence-corrected chi connectivity index (χ3v) is 2.99. The normalized spacial score (nSPS) is 10.3. The fourth-order valence-electron chi connectivity index (χ4n) is 1.65. The maximum Gasteiger partial charge on any atom is 0.258 e. The highest BCUT2D eigenvalue weighted by Gasteiger charge is 2.13. The Labute approximate surface area is 120 Å². The van der Waals surface area contributed by atoms with Crippen molar-refractivity contribution < 1.29 is 9.18 Å². The van der Waals surface area contributed by atoms with Crippen LogP contribution >= 0.6 is 23.2 Å². The van der Waals surface area contributed by atoms with Crippen LogP contribution in [-0.2, 0) is 0 Å². The summed E-state index contributed by atoms with van der Waals surface area (Å²) in [6.45, 7) is 1.60. The van der Waals surface area contributed by atoms with Crippen LogP contribution in [0.5, 0.6) is 0 Å². The van der Waals surface area contributed by atoms with Gasteiger partial charge in [-0.2, -0.15) is 0 Å². The number of carbonyl (C=O) groups excluding carboxylic acids is 1. The third kappa shape index (κ3) is 3.25. The molecular formula is C14H10Cl2FNO. The van der Waals surface area contributed by atoms with Gasteiger partial charge in [-0.25, -0.2) is 4.39 Å². The Hall–Kier alpha value is -1.58. The van der Waals surface area contributed by atoms with E-state index in [0.717, 1.165) is 0 Å². The molecule has 2 aromatic carbocycles. The molecule has 0 bridgehead atoms. The molecule has 2 rings (SSSR count). The summed E-state index contributed by atoms with van der Waals surface area (Å²) < 4.78 is 13.8. The summed E-state index contributed by atoms with van der Waals surface area (Å²) in [5.41, 5.74) is 0.816. The average molecular weight is 298 g/mol. The largest absolute Gasteiger partial charge is 0.322 e. The molecule has 0 atom stereocenters. The van der Waals surface area contributed by atoms with Gasteiger partial charge in [-0.05, 0) is 36.8 Å². The number of hydrogen-bond acceptors (Lipinski definition) is 1. The van der Waals surface area contributed by atoms with E-state index in [1.165, 1.54) is 6.07 Å². The Balaban J connectivity index is 2.28. The van der Waals surface area contributed by atoms with Gasteiger partial charge in [0.2, 0.25) is 0 Å². The highest BCUT2D eigenvalue weighted by Crippen LogP contribution is 2.23. The molecule has 5 heteroatoms. The van der Waals surface area contributed by atoms with Gasteiger partial charge in [0.25, 0.3) is 5.91 Å². The van der Waals surface area contributed by atoms with Crippen LogP contribution in [0, 0.1) is 12.7 Å². The Morgan fingerprint density at radius 3 is 2.42 bits per heavy atom. The molecule has 2 aromatic rings. The van der Waals surface area contributed by atoms with Crippen LogP contribution in [0.4, 0.5) is 10.1 Å². The van der Waals surface area contributed by atoms with E-state index < -0.39 is 11.7 Å². The van der Waals surface area contributed by atoms with Crippen molar-refractivity contribution in [2.24, 2.45) is 0 Å². The van der Waals surface area contributed by atoms with E-state index >= 15 is 0 Å². The molecule has 0 aliphatic carbocycles. The smallest absolute Gasteiger partial charge is 0.258 e. The lowest BCUT2D eigenvalue weighted by Gasteiger charge is -2.08. The Morgan fingerprint density at radius 1 is 1.16 bits per heavy atom. The maximum absolute atomic E-state index is 13.8. The molecule has 0 saturated carbocycles. The monoisotopic (exact) mass is 297 g/mol. The lowest BCUT2D eigenvalue weighted by Crippen LogP contribution is -2.14. The Morgan fingerprint density at radius 2 is 1.79 bits per heavy atom. The number of rotatable bonds is 2. The molecule has 0 unspecified atom stereocenters. The Bertz CT molecular complexity index is 623. The van der Waals surface area contributed by atoms with Crippen LogP contribution in [-0.4, -0.2) is 5.91 Å². The predicted octanol–water partition coefficient (Wildman–Crippen LogP) is 4.69. The number of amides is 1. The topological polar surface area (TPSA) is 29.1 Å². The van der Waals surface area contributed by atoms with Gasteiger partial charge >= 0.3 is 0 Å². The second kappa shape index (κ2) is 5.59. The molecule has 19 heavy (non-hydrogen) atoms. The molecule has 0 aromatic heterocycles. The summed E-state index contributed by atoms with van der Waals surface area (Å²) in [5.74, 6) is -1.08. The van der Waals surface area contributed by atoms with Gasteiger partial charge in [-0.15, -0.1) is 0 Å². The van der Waals surface area contributed by atoms with Gasteiger partial charge in [-0.1, -0.05) is 35.3 Å². The molecule has 98 valence electrons. The Kier molecular flexibility index (Phi) is 4.08. The fourth-order valence-corrected chi connectivity index (χ4v) is 2.17. The van der Waals surface area contributed by atoms with E-state index in [2.05, 4.69) is 5.32 Å². The van der Waals surface area contributed by atoms with E-state index in [9.17, 15) is 9.18 Å². The van der Waals surface area contributed by atoms with Crippen LogP contribution < -0.4 is 5.32 Å². The van der Waals surface area contributed by atoms with Crippen LogP contribution in [0.25, 0.3) is 0 Å². The minimum absolute atomic E-state index is 0.0175. The summed E-state index contributed by atoms with van der Waals surface area (Å²) in [7, 11) is 0. The first kappa shape index (κ1) is 13.8. The first-order valence-electron chi connectivity index (χ1n) is 5.50. The molecule has 0 radical (unpaired) electrons. The number of nitrogens with one attached hydrogen (secondary N) is 1. The number of anilines is 1. The van der Waals surface area contributed by atoms with Gasteiger partial charge in [0.1, 0.15) is 5.82 Å². The van der Waals surface area contributed by atoms with Gasteiger partial charge in [0, 0.05) is 15.7 Å². The summed E-state index contributed by atoms with van der Waals surface area (Å²) in [5, 5.41) is 3.35. The molecule has 0 heterocycles. The van der Waals surface area contributed by atoms with Crippen LogP contribution in [0.1, 0.15) is 15.9 Å². The predicted molar refractivity (Wildman–Crippen MR) is 75.6 cm³/mol. The number of hydrogen-bond donors (Lipinski definition) is 1. The molecule has 0 aliphatic heterocycles. The summed E-state index contributed by atoms with van der Waals surface area (Å²) >= 11 is 11.7. The zero-order valence-electron chi connectivity index (χ0n) is 10.0. The molecule has 2 nitrogen and oxygen atoms in total. The number of halogens is 3. The standard InChI is InChI=1S/C14H10Cl2FNO/c1-8-3-2-4-12(13(8)17)14(19)18-11-6-9(15)5-10(16)7-11/h2-7H,1H3,(H,18,19). The van der Waals surface area contributed by atoms with Crippen molar-refractivity contribution in [3.8, 4) is 0 Å². The van der Waals surface area contributed by atoms with E-state index in [0.29, 0.717) is 21.3 Å². The minimum atomic E-state index is -0.542. The highest BCUT2D eigenvalue weighted by atomic mass is 35.5. The minimum Gasteiger partial charge on any atom is -0.322 e. The molecule has 0 spiro atoms. The summed E-state index contributed by atoms with van der Waals surface area (Å²) in [6.07, 6.45) is 0. The van der Waals surface area contributed by atoms with E-state index in [4.69, 9.17) is 23.2 Å². The highest BCUT2D eigenvalue weighted by molar-refractivity contribution is 6.35. The molecular weight excluding hydrogens is 288 g/mol. The molecule has 0 fully saturated rings. The van der Waals surface area contributed by atoms with E-state index in [-0.39, 0.29) is 5.56 Å². The molecule has 1 N–H and O–H groups in total. The van der Waals surface area contributed by atoms with E-state index in [1.807, 2.05) is 0 Å². The first-order valence-corrected chi connectivity index (χ1v) is 6.25. The van der Waals surface area contributed by atoms with Crippen LogP contribution in [0.15, 0.2) is 36.4 Å². The number of benzene rings is 2. The van der Waals surface area contributed by atoms with Crippen LogP contribution in [0.2, 0.25) is 10.0 Å². The fraction of sp³-hybridized carbons (Fsp3) is 0.0714. The lowest BCUT2D eigenvalue weighted by molar-refractivity contribution is 0.102. The number of aryl methyl sites for hydroxylation is 1. The van der Waals surface area contributed by atoms with Crippen LogP contribution in [0.3, 0.4) is 0 Å². The van der Waals surface area contributed by atoms with Gasteiger partial charge in [0.15, 0.2) is 0 Å². The number of carbonyl (C=O) groups is 1. The van der Waals surface area contributed by atoms with E-state index in [1.54, 1.807) is 37.3 Å². The zero-order chi connectivity index (χ0) is 14.0. The van der Waals surface area contributed by atoms with Crippen molar-refractivity contribution in [1.29, 1.82) is 0 Å². The SMILES string of the molecule is Cc1cccc(C(=O)Nc2cc(Cl)cc(Cl)c2)c1F. The first-order chi connectivity index (χ1) is 8.97. The maximum atomic E-state index is 13.8. The van der Waals surface area contributed by atoms with Gasteiger partial charge in [-0.3, -0.25) is 4.79 Å². The average Bonchev–Trinajstić information content (AvgIpc) is 2.31. The van der Waals surface area contributed by atoms with Gasteiger partial charge < -0.3 is 5.32 Å². The van der Waals surface area contributed by atoms with Crippen molar-refractivity contribution in [2.75, 3.05) is 5.32 Å². The lowest BCUT2D eigenvalue weighted by atomic mass is 10.1. The third-order valence-electron chi connectivity index (χ3n) is 2.56. The van der Waals surface area contributed by atoms with Crippen molar-refractivity contribution in [2.45, 2.75) is 6.92 Å². The second-order valence-corrected chi connectivity index (χ2v) is 4.92. The quantitative estimate of drug-likeness (QED) is 0.856. The van der Waals surface area contributed by atoms with Crippen molar-refractivity contribution >= 4 is 34.8 Å². The second-order valence-electron chi connectivity index (χ2n) is 4.05. The van der Waals surface area contributed by atoms with Crippen molar-refractivity contribution in [3.05, 3.63) is 63.4 Å². The zero-order valence-corrected chi connectivity index (χ0v) is 11.5. The van der Waals surface area contributed by atoms with Crippen molar-refractivity contribution in [1.82, 2.24) is 0 Å². The molecule has 0 aliphatic rings. The summed E-state index contributed by atoms with van der Waals surface area (Å²) in [6, 6.07) is 9.27. The van der Waals surface area contributed by atoms with Crippen molar-refractivity contribution in [3.63, 3.8) is 0 Å². The summed E-state index contributed by atoms with van der Waals surface area (Å²) in [4.78, 5) is 12.0. The van der Waals surface area contributed by atoms with Gasteiger partial charge in [0.05, 0.1) is 5.56 Å². The molecule has 1 amide bonds.